The molecule has 0 unspecified atom stereocenters. The van der Waals surface area contributed by atoms with Crippen LogP contribution in [-0.2, 0) is 4.74 Å². The Morgan fingerprint density at radius 2 is 1.74 bits per heavy atom. The highest BCUT2D eigenvalue weighted by Gasteiger charge is 2.33. The Balaban J connectivity index is 1.42. The van der Waals surface area contributed by atoms with E-state index >= 15 is 0 Å². The molecule has 0 bridgehead atoms. The number of nitrogens with two attached hydrogens (primary N) is 2. The van der Waals surface area contributed by atoms with Crippen molar-refractivity contribution in [3.8, 4) is 0 Å². The van der Waals surface area contributed by atoms with Gasteiger partial charge in [0.2, 0.25) is 5.95 Å². The molecule has 4 N–H and O–H groups in total. The number of piperazine rings is 1. The topological polar surface area (TPSA) is 115 Å². The van der Waals surface area contributed by atoms with Crippen LogP contribution in [0.15, 0.2) is 54.5 Å². The second kappa shape index (κ2) is 11.2. The van der Waals surface area contributed by atoms with Gasteiger partial charge in [-0.15, -0.1) is 0 Å². The van der Waals surface area contributed by atoms with Gasteiger partial charge in [-0.05, 0) is 50.2 Å². The number of ether oxygens (including phenoxy) is 1. The molecule has 4 aromatic rings. The zero-order valence-electron chi connectivity index (χ0n) is 24.6. The number of anilines is 1. The number of hydrazine groups is 1. The number of rotatable bonds is 7. The van der Waals surface area contributed by atoms with Crippen molar-refractivity contribution in [1.82, 2.24) is 29.4 Å². The zero-order valence-corrected chi connectivity index (χ0v) is 24.6. The van der Waals surface area contributed by atoms with E-state index in [4.69, 9.17) is 31.3 Å². The van der Waals surface area contributed by atoms with Gasteiger partial charge in [-0.1, -0.05) is 30.3 Å². The minimum absolute atomic E-state index is 0.0589. The summed E-state index contributed by atoms with van der Waals surface area (Å²) in [6, 6.07) is 13.8. The first kappa shape index (κ1) is 27.1. The fourth-order valence-corrected chi connectivity index (χ4v) is 6.99. The van der Waals surface area contributed by atoms with Gasteiger partial charge in [0.15, 0.2) is 0 Å². The number of pyridine rings is 1. The van der Waals surface area contributed by atoms with E-state index in [1.165, 1.54) is 18.4 Å². The third kappa shape index (κ3) is 4.97. The van der Waals surface area contributed by atoms with E-state index < -0.39 is 0 Å². The van der Waals surface area contributed by atoms with Gasteiger partial charge in [0.05, 0.1) is 28.2 Å². The lowest BCUT2D eigenvalue weighted by atomic mass is 9.86. The molecule has 1 saturated carbocycles. The van der Waals surface area contributed by atoms with E-state index in [0.717, 1.165) is 97.6 Å². The molecule has 3 aromatic heterocycles. The second-order valence-corrected chi connectivity index (χ2v) is 12.1. The van der Waals surface area contributed by atoms with Crippen molar-refractivity contribution in [2.24, 2.45) is 17.5 Å². The largest absolute Gasteiger partial charge is 0.401 e. The molecule has 3 fully saturated rings. The summed E-state index contributed by atoms with van der Waals surface area (Å²) in [6.07, 6.45) is 8.47. The molecular formula is C32H41N9O. The fourth-order valence-electron chi connectivity index (χ4n) is 6.99. The summed E-state index contributed by atoms with van der Waals surface area (Å²) in [5.74, 6) is 7.42. The molecule has 1 aliphatic carbocycles. The van der Waals surface area contributed by atoms with Crippen LogP contribution in [0.25, 0.3) is 27.8 Å². The lowest BCUT2D eigenvalue weighted by molar-refractivity contribution is 0.0552. The maximum Gasteiger partial charge on any atom is 0.227 e. The number of aromatic nitrogens is 4. The lowest BCUT2D eigenvalue weighted by Gasteiger charge is -2.35. The molecule has 5 heterocycles. The van der Waals surface area contributed by atoms with Gasteiger partial charge >= 0.3 is 0 Å². The predicted molar refractivity (Wildman–Crippen MR) is 166 cm³/mol. The number of nitrogens with zero attached hydrogens (tertiary/aromatic N) is 7. The normalized spacial score (nSPS) is 20.2. The molecular weight excluding hydrogens is 526 g/mol. The Morgan fingerprint density at radius 3 is 2.40 bits per heavy atom. The standard InChI is InChI=1S/C32H41N9O/c1-21(33)29(38(2)34)24-18-27-28(35-19-24)26-20-36-32(40-14-12-39(13-15-40)25-8-9-25)37-31(26)41(27)30(22-6-4-3-5-7-22)23-10-16-42-17-11-23/h3-7,18-20,23,25,30H,8-17,33-34H2,1-2H3/b29-21-/t30-/m1/s1. The molecule has 1 atom stereocenters. The van der Waals surface area contributed by atoms with Crippen LogP contribution in [0.2, 0.25) is 0 Å². The third-order valence-corrected chi connectivity index (χ3v) is 9.16. The molecule has 0 amide bonds. The minimum atomic E-state index is 0.0589. The molecule has 10 nitrogen and oxygen atoms in total. The summed E-state index contributed by atoms with van der Waals surface area (Å²) >= 11 is 0. The van der Waals surface area contributed by atoms with E-state index in [0.29, 0.717) is 11.6 Å². The van der Waals surface area contributed by atoms with Crippen LogP contribution < -0.4 is 16.5 Å². The SMILES string of the molecule is C/C(N)=C(\c1cnc2c3cnc(N4CCN(C5CC5)CC4)nc3n([C@H](c3ccccc3)C3CCOCC3)c2c1)N(C)N. The number of hydrogen-bond acceptors (Lipinski definition) is 9. The van der Waals surface area contributed by atoms with Crippen molar-refractivity contribution in [1.29, 1.82) is 0 Å². The van der Waals surface area contributed by atoms with Crippen LogP contribution in [0, 0.1) is 5.92 Å². The predicted octanol–water partition coefficient (Wildman–Crippen LogP) is 3.73. The Morgan fingerprint density at radius 1 is 1.00 bits per heavy atom. The molecule has 2 aliphatic heterocycles. The van der Waals surface area contributed by atoms with Gasteiger partial charge in [0, 0.05) is 76.1 Å². The van der Waals surface area contributed by atoms with E-state index in [1.54, 1.807) is 12.1 Å². The second-order valence-electron chi connectivity index (χ2n) is 12.1. The van der Waals surface area contributed by atoms with Gasteiger partial charge in [0.25, 0.3) is 0 Å². The van der Waals surface area contributed by atoms with Crippen LogP contribution >= 0.6 is 0 Å². The average Bonchev–Trinajstić information content (AvgIpc) is 3.82. The molecule has 10 heteroatoms. The number of hydrogen-bond donors (Lipinski definition) is 2. The van der Waals surface area contributed by atoms with Crippen LogP contribution in [0.4, 0.5) is 5.95 Å². The third-order valence-electron chi connectivity index (χ3n) is 9.16. The van der Waals surface area contributed by atoms with Gasteiger partial charge < -0.3 is 24.9 Å². The van der Waals surface area contributed by atoms with Crippen LogP contribution in [-0.4, -0.2) is 81.9 Å². The summed E-state index contributed by atoms with van der Waals surface area (Å²) in [5.41, 5.74) is 12.6. The molecule has 42 heavy (non-hydrogen) atoms. The average molecular weight is 568 g/mol. The fraction of sp³-hybridized carbons (Fsp3) is 0.469. The molecule has 220 valence electrons. The van der Waals surface area contributed by atoms with Crippen molar-refractivity contribution in [2.75, 3.05) is 51.3 Å². The summed E-state index contributed by atoms with van der Waals surface area (Å²) in [7, 11) is 1.81. The van der Waals surface area contributed by atoms with Crippen molar-refractivity contribution in [3.63, 3.8) is 0 Å². The van der Waals surface area contributed by atoms with Crippen LogP contribution in [0.1, 0.15) is 49.8 Å². The van der Waals surface area contributed by atoms with E-state index in [9.17, 15) is 0 Å². The number of allylic oxidation sites excluding steroid dienone is 1. The van der Waals surface area contributed by atoms with E-state index in [-0.39, 0.29) is 6.04 Å². The summed E-state index contributed by atoms with van der Waals surface area (Å²) in [5, 5.41) is 2.53. The minimum Gasteiger partial charge on any atom is -0.401 e. The van der Waals surface area contributed by atoms with E-state index in [1.807, 2.05) is 19.3 Å². The maximum atomic E-state index is 6.31. The van der Waals surface area contributed by atoms with Gasteiger partial charge in [0.1, 0.15) is 5.65 Å². The van der Waals surface area contributed by atoms with Gasteiger partial charge in [-0.25, -0.2) is 10.8 Å². The van der Waals surface area contributed by atoms with Gasteiger partial charge in [-0.2, -0.15) is 4.98 Å². The molecule has 3 aliphatic rings. The molecule has 0 spiro atoms. The molecule has 0 radical (unpaired) electrons. The highest BCUT2D eigenvalue weighted by atomic mass is 16.5. The Bertz CT molecular complexity index is 1590. The highest BCUT2D eigenvalue weighted by Crippen LogP contribution is 2.40. The Labute approximate surface area is 246 Å². The maximum absolute atomic E-state index is 6.31. The molecule has 7 rings (SSSR count). The molecule has 1 aromatic carbocycles. The molecule has 2 saturated heterocycles. The van der Waals surface area contributed by atoms with E-state index in [2.05, 4.69) is 50.8 Å². The monoisotopic (exact) mass is 567 g/mol. The summed E-state index contributed by atoms with van der Waals surface area (Å²) < 4.78 is 8.23. The number of fused-ring (bicyclic) bond motifs is 3. The first-order valence-corrected chi connectivity index (χ1v) is 15.2. The smallest absolute Gasteiger partial charge is 0.227 e. The van der Waals surface area contributed by atoms with Crippen LogP contribution in [0.5, 0.6) is 0 Å². The highest BCUT2D eigenvalue weighted by molar-refractivity contribution is 6.05. The van der Waals surface area contributed by atoms with Crippen molar-refractivity contribution in [2.45, 2.75) is 44.7 Å². The first-order chi connectivity index (χ1) is 20.5. The quantitative estimate of drug-likeness (QED) is 0.255. The summed E-state index contributed by atoms with van der Waals surface area (Å²) in [4.78, 5) is 20.2. The van der Waals surface area contributed by atoms with Crippen molar-refractivity contribution < 1.29 is 4.74 Å². The summed E-state index contributed by atoms with van der Waals surface area (Å²) in [6.45, 7) is 7.41. The van der Waals surface area contributed by atoms with Crippen molar-refractivity contribution in [3.05, 3.63) is 65.6 Å². The number of benzene rings is 1. The van der Waals surface area contributed by atoms with Gasteiger partial charge in [-0.3, -0.25) is 9.88 Å². The lowest BCUT2D eigenvalue weighted by Crippen LogP contribution is -2.47. The van der Waals surface area contributed by atoms with Crippen LogP contribution in [0.3, 0.4) is 0 Å². The Kier molecular flexibility index (Phi) is 7.21. The Hall–Kier alpha value is -3.73. The zero-order chi connectivity index (χ0) is 28.8. The van der Waals surface area contributed by atoms with Crippen molar-refractivity contribution >= 4 is 33.7 Å². The first-order valence-electron chi connectivity index (χ1n) is 15.2.